The fraction of sp³-hybridized carbons (Fsp3) is 0.560. The van der Waals surface area contributed by atoms with Gasteiger partial charge in [-0.2, -0.15) is 0 Å². The molecule has 2 aromatic heterocycles. The lowest BCUT2D eigenvalue weighted by Crippen LogP contribution is -2.52. The second-order valence-corrected chi connectivity index (χ2v) is 18.4. The van der Waals surface area contributed by atoms with E-state index >= 15 is 0 Å². The van der Waals surface area contributed by atoms with Gasteiger partial charge in [0.1, 0.15) is 23.2 Å². The highest BCUT2D eigenvalue weighted by atomic mass is 16.2. The van der Waals surface area contributed by atoms with Gasteiger partial charge < -0.3 is 48.4 Å². The maximum absolute atomic E-state index is 14.3. The molecule has 1 fully saturated rings. The molecule has 4 atom stereocenters. The van der Waals surface area contributed by atoms with E-state index in [-0.39, 0.29) is 73.5 Å². The molecular weight excluding hydrogens is 849 g/mol. The highest BCUT2D eigenvalue weighted by Gasteiger charge is 2.39. The number of anilines is 1. The van der Waals surface area contributed by atoms with Crippen molar-refractivity contribution >= 4 is 63.0 Å². The van der Waals surface area contributed by atoms with Gasteiger partial charge in [0, 0.05) is 75.6 Å². The number of guanidine groups is 1. The zero-order valence-electron chi connectivity index (χ0n) is 39.8. The van der Waals surface area contributed by atoms with Crippen LogP contribution in [-0.4, -0.2) is 92.9 Å². The van der Waals surface area contributed by atoms with E-state index in [1.807, 2.05) is 62.4 Å². The Morgan fingerprint density at radius 3 is 2.33 bits per heavy atom. The number of para-hydroxylation sites is 1. The molecule has 17 nitrogen and oxygen atoms in total. The predicted octanol–water partition coefficient (Wildman–Crippen LogP) is 4.59. The van der Waals surface area contributed by atoms with Crippen molar-refractivity contribution in [1.29, 1.82) is 5.41 Å². The molecule has 3 amide bonds. The van der Waals surface area contributed by atoms with Crippen molar-refractivity contribution in [2.24, 2.45) is 35.0 Å². The molecule has 0 bridgehead atoms. The molecule has 0 spiro atoms. The van der Waals surface area contributed by atoms with Gasteiger partial charge in [0.2, 0.25) is 17.7 Å². The summed E-state index contributed by atoms with van der Waals surface area (Å²) in [7, 11) is 0. The van der Waals surface area contributed by atoms with Gasteiger partial charge in [-0.25, -0.2) is 9.97 Å². The van der Waals surface area contributed by atoms with Gasteiger partial charge in [-0.1, -0.05) is 69.7 Å². The highest BCUT2D eigenvalue weighted by molar-refractivity contribution is 6.06. The Balaban J connectivity index is 1.27. The first-order valence-electron chi connectivity index (χ1n) is 24.3. The van der Waals surface area contributed by atoms with E-state index in [1.54, 1.807) is 4.90 Å². The van der Waals surface area contributed by atoms with Crippen molar-refractivity contribution in [2.75, 3.05) is 31.9 Å². The quantitative estimate of drug-likeness (QED) is 0.0221. The lowest BCUT2D eigenvalue weighted by molar-refractivity contribution is -0.142. The molecule has 0 aliphatic carbocycles. The molecular formula is C50H74N12O5. The summed E-state index contributed by atoms with van der Waals surface area (Å²) >= 11 is 0. The van der Waals surface area contributed by atoms with E-state index in [1.165, 1.54) is 0 Å². The van der Waals surface area contributed by atoms with Gasteiger partial charge in [-0.05, 0) is 87.4 Å². The van der Waals surface area contributed by atoms with Crippen LogP contribution in [0.3, 0.4) is 0 Å². The Labute approximate surface area is 394 Å². The first-order chi connectivity index (χ1) is 32.2. The fourth-order valence-corrected chi connectivity index (χ4v) is 9.18. The highest BCUT2D eigenvalue weighted by Crippen LogP contribution is 2.31. The number of pyridine rings is 1. The lowest BCUT2D eigenvalue weighted by Gasteiger charge is -2.30. The van der Waals surface area contributed by atoms with Crippen molar-refractivity contribution in [1.82, 2.24) is 35.4 Å². The molecule has 0 saturated carbocycles. The van der Waals surface area contributed by atoms with Crippen molar-refractivity contribution in [3.63, 3.8) is 0 Å². The lowest BCUT2D eigenvalue weighted by atomic mass is 9.82. The second kappa shape index (κ2) is 25.8. The van der Waals surface area contributed by atoms with Crippen molar-refractivity contribution in [2.45, 2.75) is 136 Å². The van der Waals surface area contributed by atoms with E-state index in [2.05, 4.69) is 32.4 Å². The minimum absolute atomic E-state index is 0.0507. The summed E-state index contributed by atoms with van der Waals surface area (Å²) in [5.41, 5.74) is 27.7. The van der Waals surface area contributed by atoms with Gasteiger partial charge in [0.05, 0.1) is 17.1 Å². The van der Waals surface area contributed by atoms with Gasteiger partial charge in [-0.15, -0.1) is 0 Å². The molecule has 17 heteroatoms. The van der Waals surface area contributed by atoms with Crippen LogP contribution in [0.15, 0.2) is 48.5 Å². The molecule has 1 saturated heterocycles. The van der Waals surface area contributed by atoms with Crippen LogP contribution in [-0.2, 0) is 43.5 Å². The number of nitrogens with zero attached hydrogens (tertiary/aromatic N) is 4. The molecule has 364 valence electrons. The topological polar surface area (TPSA) is 283 Å². The Hall–Kier alpha value is -5.94. The van der Waals surface area contributed by atoms with Crippen LogP contribution in [0.1, 0.15) is 121 Å². The third-order valence-electron chi connectivity index (χ3n) is 12.7. The summed E-state index contributed by atoms with van der Waals surface area (Å²) in [6.07, 6.45) is 6.91. The third kappa shape index (κ3) is 14.8. The molecule has 1 aliphatic heterocycles. The van der Waals surface area contributed by atoms with E-state index in [9.17, 15) is 24.0 Å². The predicted molar refractivity (Wildman–Crippen MR) is 264 cm³/mol. The maximum Gasteiger partial charge on any atom is 0.245 e. The summed E-state index contributed by atoms with van der Waals surface area (Å²) in [5.74, 6) is -1.33. The molecule has 4 unspecified atom stereocenters. The first-order valence-corrected chi connectivity index (χ1v) is 24.3. The number of nitrogens with one attached hydrogen (secondary N) is 4. The van der Waals surface area contributed by atoms with Crippen LogP contribution in [0.25, 0.3) is 21.9 Å². The van der Waals surface area contributed by atoms with Crippen LogP contribution in [0, 0.1) is 23.2 Å². The molecule has 2 aromatic carbocycles. The van der Waals surface area contributed by atoms with Gasteiger partial charge in [0.25, 0.3) is 0 Å². The summed E-state index contributed by atoms with van der Waals surface area (Å²) in [6.45, 7) is 8.31. The summed E-state index contributed by atoms with van der Waals surface area (Å²) in [6, 6.07) is 14.5. The van der Waals surface area contributed by atoms with E-state index < -0.39 is 23.9 Å². The molecule has 5 rings (SSSR count). The number of aromatic nitrogens is 3. The number of imidazole rings is 1. The monoisotopic (exact) mass is 923 g/mol. The van der Waals surface area contributed by atoms with Crippen LogP contribution >= 0.6 is 0 Å². The number of nitrogen functional groups attached to an aromatic ring is 1. The van der Waals surface area contributed by atoms with Crippen LogP contribution in [0.2, 0.25) is 0 Å². The number of rotatable bonds is 28. The number of ketones is 2. The van der Waals surface area contributed by atoms with E-state index in [0.717, 1.165) is 52.6 Å². The number of aryl methyl sites for hydroxylation is 1. The van der Waals surface area contributed by atoms with E-state index in [4.69, 9.17) is 33.3 Å². The number of carbonyl (C=O) groups excluding carboxylic acids is 5. The SMILES string of the molecule is CCCCc1nc2c(N)nc3ccccc3c2n1Cc1ccc(CNC(=O)C(CCCNC(=N)N)CC(=O)C(CC(=O)C2CCCN2C(=O)C(CCCCN)NC(=O)CCN)CC(C)C)cc1. The molecule has 1 aliphatic rings. The van der Waals surface area contributed by atoms with Crippen LogP contribution < -0.4 is 38.9 Å². The second-order valence-electron chi connectivity index (χ2n) is 18.4. The average molecular weight is 923 g/mol. The van der Waals surface area contributed by atoms with Gasteiger partial charge in [0.15, 0.2) is 17.6 Å². The van der Waals surface area contributed by atoms with Gasteiger partial charge >= 0.3 is 0 Å². The number of hydrogen-bond donors (Lipinski definition) is 8. The van der Waals surface area contributed by atoms with Crippen molar-refractivity contribution in [3.8, 4) is 0 Å². The molecule has 3 heterocycles. The Morgan fingerprint density at radius 1 is 0.881 bits per heavy atom. The number of Topliss-reactive ketones (excluding diaryl/α,β-unsaturated/α-hetero) is 2. The Morgan fingerprint density at radius 2 is 1.63 bits per heavy atom. The maximum atomic E-state index is 14.3. The zero-order chi connectivity index (χ0) is 48.5. The normalized spacial score (nSPS) is 15.1. The largest absolute Gasteiger partial charge is 0.382 e. The van der Waals surface area contributed by atoms with Gasteiger partial charge in [-0.3, -0.25) is 29.4 Å². The van der Waals surface area contributed by atoms with Crippen molar-refractivity contribution < 1.29 is 24.0 Å². The first kappa shape index (κ1) is 52.0. The summed E-state index contributed by atoms with van der Waals surface area (Å²) in [4.78, 5) is 80.0. The number of benzene rings is 2. The molecule has 4 aromatic rings. The number of nitrogens with two attached hydrogens (primary N) is 4. The van der Waals surface area contributed by atoms with Crippen LogP contribution in [0.4, 0.5) is 5.82 Å². The Kier molecular flexibility index (Phi) is 20.1. The summed E-state index contributed by atoms with van der Waals surface area (Å²) in [5, 5.41) is 17.2. The zero-order valence-corrected chi connectivity index (χ0v) is 39.8. The molecule has 0 radical (unpaired) electrons. The Bertz CT molecular complexity index is 2310. The molecule has 67 heavy (non-hydrogen) atoms. The number of fused-ring (bicyclic) bond motifs is 3. The number of hydrogen-bond acceptors (Lipinski definition) is 11. The van der Waals surface area contributed by atoms with Crippen LogP contribution in [0.5, 0.6) is 0 Å². The fourth-order valence-electron chi connectivity index (χ4n) is 9.18. The summed E-state index contributed by atoms with van der Waals surface area (Å²) < 4.78 is 2.24. The standard InChI is InChI=1S/C50H74N12O5/c1-4-5-17-43-60-45-46(37-13-6-7-14-38(37)59-47(45)53)62(43)31-34-20-18-33(19-21-34)30-57-48(66)35(12-10-25-56-50(54)55)28-41(63)36(27-32(2)3)29-42(64)40-16-11-26-61(40)49(67)39(15-8-9-23-51)58-44(65)22-24-52/h6-7,13-14,18-21,32,35-36,39-40H,4-5,8-12,15-17,22-31,51-52H2,1-3H3,(H2,53,59)(H,57,66)(H,58,65)(H4,54,55,56). The third-order valence-corrected chi connectivity index (χ3v) is 12.7. The number of carbonyl (C=O) groups is 5. The minimum Gasteiger partial charge on any atom is -0.382 e. The smallest absolute Gasteiger partial charge is 0.245 e. The molecule has 12 N–H and O–H groups in total. The number of likely N-dealkylation sites (tertiary alicyclic amines) is 1. The average Bonchev–Trinajstić information content (AvgIpc) is 3.94. The van der Waals surface area contributed by atoms with Crippen molar-refractivity contribution in [3.05, 3.63) is 65.5 Å². The van der Waals surface area contributed by atoms with E-state index in [0.29, 0.717) is 88.9 Å². The minimum atomic E-state index is -0.798. The number of unbranched alkanes of at least 4 members (excludes halogenated alkanes) is 2. The number of amides is 3.